The van der Waals surface area contributed by atoms with E-state index >= 15 is 0 Å². The lowest BCUT2D eigenvalue weighted by Gasteiger charge is -2.48. The number of nitrogens with zero attached hydrogens (tertiary/aromatic N) is 2. The predicted molar refractivity (Wildman–Crippen MR) is 340 cm³/mol. The van der Waals surface area contributed by atoms with Gasteiger partial charge in [0.25, 0.3) is 6.71 Å². The molecule has 0 saturated carbocycles. The Balaban J connectivity index is 1.28. The predicted octanol–water partition coefficient (Wildman–Crippen LogP) is 7.72. The fraction of sp³-hybridized carbons (Fsp3) is 0.485. The van der Waals surface area contributed by atoms with Crippen LogP contribution in [-0.4, -0.2) is 45.9 Å². The molecule has 3 nitrogen and oxygen atoms in total. The van der Waals surface area contributed by atoms with E-state index in [0.29, 0.717) is 0 Å². The number of furan rings is 1. The van der Waals surface area contributed by atoms with E-state index in [4.69, 9.17) is 4.42 Å². The van der Waals surface area contributed by atoms with E-state index in [0.717, 1.165) is 25.1 Å². The average Bonchev–Trinajstić information content (AvgIpc) is 3.84. The summed E-state index contributed by atoms with van der Waals surface area (Å²) in [6, 6.07) is 25.9. The summed E-state index contributed by atoms with van der Waals surface area (Å²) in [5.74, 6) is 2.21. The summed E-state index contributed by atoms with van der Waals surface area (Å²) in [7, 11) is 11.8. The van der Waals surface area contributed by atoms with Gasteiger partial charge in [-0.05, 0) is 198 Å². The SMILES string of the molecule is Bc1c(B)c(B)c(-c2cc3c4c(c2)N(c2ccc5c(c2)C(C)(C)CCC5(C)C)c2oc5c(c2B4c2cc4c(cc2N3c2ccc3c(c2)C(C)(C)CCC3(C)C)C(C)(C)CCC4(C)C)C(C)(C)CCC5(C)C)c(B)c1B. The topological polar surface area (TPSA) is 19.6 Å². The summed E-state index contributed by atoms with van der Waals surface area (Å²) in [4.78, 5) is 5.41. The molecule has 0 N–H and O–H groups in total. The van der Waals surface area contributed by atoms with Gasteiger partial charge in [0, 0.05) is 33.9 Å². The maximum Gasteiger partial charge on any atom is 0.256 e. The maximum absolute atomic E-state index is 7.91. The van der Waals surface area contributed by atoms with Crippen LogP contribution in [0.25, 0.3) is 11.1 Å². The van der Waals surface area contributed by atoms with Crippen LogP contribution in [0.4, 0.5) is 34.3 Å². The smallest absolute Gasteiger partial charge is 0.256 e. The van der Waals surface area contributed by atoms with Gasteiger partial charge in [0.15, 0.2) is 5.88 Å². The monoisotopic (exact) mass is 987 g/mol. The van der Waals surface area contributed by atoms with Gasteiger partial charge < -0.3 is 9.32 Å². The molecule has 0 unspecified atom stereocenters. The van der Waals surface area contributed by atoms with Crippen LogP contribution in [0.2, 0.25) is 0 Å². The standard InChI is InChI=1S/C66H84B6N2O/c1-59(2)21-23-61(5,6)40-31-36(17-19-38(40)59)73-45-34-43-42(63(9,10)25-26-64(43,11)12)33-44(45)72-55-46(73)29-35(48-50(67)52(69)54(71)53(70)51(48)68)30-47(55)74(37-18-20-39-41(32-37)62(7,8)24-22-60(39,3)4)58-56(72)49-57(75-58)66(15,16)28-27-65(49,13)14/h17-20,29-34H,21-28,67-71H2,1-16H3. The largest absolute Gasteiger partial charge is 0.444 e. The van der Waals surface area contributed by atoms with Gasteiger partial charge in [0.1, 0.15) is 45.0 Å². The van der Waals surface area contributed by atoms with Crippen molar-refractivity contribution in [1.82, 2.24) is 0 Å². The fourth-order valence-electron chi connectivity index (χ4n) is 15.9. The number of benzene rings is 5. The normalized spacial score (nSPS) is 21.9. The van der Waals surface area contributed by atoms with Crippen LogP contribution in [0.5, 0.6) is 0 Å². The van der Waals surface area contributed by atoms with Crippen LogP contribution in [-0.2, 0) is 43.3 Å². The van der Waals surface area contributed by atoms with E-state index in [-0.39, 0.29) is 50.0 Å². The first-order valence-corrected chi connectivity index (χ1v) is 29.2. The number of fused-ring (bicyclic) bond motifs is 9. The Morgan fingerprint density at radius 3 is 1.27 bits per heavy atom. The molecule has 382 valence electrons. The Hall–Kier alpha value is -4.63. The zero-order chi connectivity index (χ0) is 54.0. The molecule has 0 amide bonds. The minimum absolute atomic E-state index is 0.0238. The molecule has 3 heterocycles. The second-order valence-corrected chi connectivity index (χ2v) is 30.5. The zero-order valence-corrected chi connectivity index (χ0v) is 50.3. The lowest BCUT2D eigenvalue weighted by molar-refractivity contribution is 0.280. The van der Waals surface area contributed by atoms with Crippen LogP contribution >= 0.6 is 0 Å². The molecular formula is C66H84B6N2O. The lowest BCUT2D eigenvalue weighted by atomic mass is 9.32. The molecule has 0 bridgehead atoms. The van der Waals surface area contributed by atoms with E-state index in [1.54, 1.807) is 0 Å². The Kier molecular flexibility index (Phi) is 10.8. The molecule has 75 heavy (non-hydrogen) atoms. The Morgan fingerprint density at radius 2 is 0.773 bits per heavy atom. The van der Waals surface area contributed by atoms with Gasteiger partial charge in [-0.15, -0.1) is 16.4 Å². The molecule has 12 rings (SSSR count). The van der Waals surface area contributed by atoms with Gasteiger partial charge in [-0.25, -0.2) is 0 Å². The fourth-order valence-corrected chi connectivity index (χ4v) is 15.9. The summed E-state index contributed by atoms with van der Waals surface area (Å²) in [6.45, 7) is 39.7. The summed E-state index contributed by atoms with van der Waals surface area (Å²) in [6.07, 6.45) is 9.25. The molecule has 9 heteroatoms. The van der Waals surface area contributed by atoms with Crippen LogP contribution in [0, 0.1) is 0 Å². The van der Waals surface area contributed by atoms with E-state index in [1.165, 1.54) is 160 Å². The second-order valence-electron chi connectivity index (χ2n) is 30.5. The van der Waals surface area contributed by atoms with E-state index in [9.17, 15) is 0 Å². The first-order chi connectivity index (χ1) is 34.7. The van der Waals surface area contributed by atoms with Crippen molar-refractivity contribution >= 4 is 124 Å². The summed E-state index contributed by atoms with van der Waals surface area (Å²) in [5, 5.41) is 0. The molecule has 5 aromatic carbocycles. The Morgan fingerprint density at radius 1 is 0.387 bits per heavy atom. The van der Waals surface area contributed by atoms with Gasteiger partial charge in [-0.1, -0.05) is 140 Å². The number of anilines is 6. The van der Waals surface area contributed by atoms with Crippen molar-refractivity contribution in [2.45, 2.75) is 205 Å². The summed E-state index contributed by atoms with van der Waals surface area (Å²) in [5.41, 5.74) is 30.6. The highest BCUT2D eigenvalue weighted by Crippen LogP contribution is 2.57. The second kappa shape index (κ2) is 15.8. The first kappa shape index (κ1) is 51.1. The third-order valence-corrected chi connectivity index (χ3v) is 22.0. The average molecular weight is 986 g/mol. The van der Waals surface area contributed by atoms with Crippen LogP contribution in [0.1, 0.15) is 207 Å². The minimum atomic E-state index is -0.129. The molecule has 2 aliphatic heterocycles. The van der Waals surface area contributed by atoms with Crippen LogP contribution in [0.3, 0.4) is 0 Å². The molecule has 0 atom stereocenters. The molecule has 0 radical (unpaired) electrons. The quantitative estimate of drug-likeness (QED) is 0.169. The maximum atomic E-state index is 7.91. The van der Waals surface area contributed by atoms with E-state index in [2.05, 4.69) is 220 Å². The van der Waals surface area contributed by atoms with Gasteiger partial charge >= 0.3 is 0 Å². The Labute approximate surface area is 457 Å². The van der Waals surface area contributed by atoms with Crippen molar-refractivity contribution in [1.29, 1.82) is 0 Å². The van der Waals surface area contributed by atoms with Crippen molar-refractivity contribution in [2.75, 3.05) is 9.80 Å². The third kappa shape index (κ3) is 7.18. The third-order valence-electron chi connectivity index (χ3n) is 22.0. The van der Waals surface area contributed by atoms with Gasteiger partial charge in [0.2, 0.25) is 0 Å². The summed E-state index contributed by atoms with van der Waals surface area (Å²) >= 11 is 0. The van der Waals surface area contributed by atoms with Crippen LogP contribution < -0.4 is 53.5 Å². The molecular weight excluding hydrogens is 902 g/mol. The zero-order valence-electron chi connectivity index (χ0n) is 50.3. The number of hydrogen-bond acceptors (Lipinski definition) is 3. The van der Waals surface area contributed by atoms with Gasteiger partial charge in [-0.2, -0.15) is 0 Å². The molecule has 6 aromatic rings. The lowest BCUT2D eigenvalue weighted by Crippen LogP contribution is -2.63. The van der Waals surface area contributed by atoms with Crippen molar-refractivity contribution in [3.63, 3.8) is 0 Å². The van der Waals surface area contributed by atoms with E-state index < -0.39 is 0 Å². The minimum Gasteiger partial charge on any atom is -0.444 e. The Bertz CT molecular complexity index is 3460. The highest BCUT2D eigenvalue weighted by molar-refractivity contribution is 7.00. The van der Waals surface area contributed by atoms with E-state index in [1.807, 2.05) is 0 Å². The van der Waals surface area contributed by atoms with Crippen molar-refractivity contribution in [3.8, 4) is 11.1 Å². The highest BCUT2D eigenvalue weighted by atomic mass is 16.4. The number of hydrogen-bond donors (Lipinski definition) is 0. The molecule has 0 saturated heterocycles. The van der Waals surface area contributed by atoms with Crippen molar-refractivity contribution < 1.29 is 4.42 Å². The van der Waals surface area contributed by atoms with Crippen LogP contribution in [0.15, 0.2) is 65.1 Å². The molecule has 1 aromatic heterocycles. The molecule has 6 aliphatic rings. The highest BCUT2D eigenvalue weighted by Gasteiger charge is 2.54. The number of rotatable bonds is 3. The van der Waals surface area contributed by atoms with Gasteiger partial charge in [-0.3, -0.25) is 4.90 Å². The summed E-state index contributed by atoms with van der Waals surface area (Å²) < 4.78 is 7.91. The van der Waals surface area contributed by atoms with Gasteiger partial charge in [0.05, 0.1) is 0 Å². The van der Waals surface area contributed by atoms with Crippen molar-refractivity contribution in [3.05, 3.63) is 105 Å². The molecule has 4 aliphatic carbocycles. The molecule has 0 spiro atoms. The first-order valence-electron chi connectivity index (χ1n) is 29.2. The van der Waals surface area contributed by atoms with Crippen molar-refractivity contribution in [2.24, 2.45) is 0 Å². The molecule has 0 fully saturated rings.